The van der Waals surface area contributed by atoms with Crippen LogP contribution < -0.4 is 10.1 Å². The smallest absolute Gasteiger partial charge is 0.262 e. The van der Waals surface area contributed by atoms with Crippen LogP contribution in [-0.4, -0.2) is 12.5 Å². The molecule has 0 unspecified atom stereocenters. The van der Waals surface area contributed by atoms with Gasteiger partial charge in [-0.25, -0.2) is 0 Å². The van der Waals surface area contributed by atoms with Crippen molar-refractivity contribution in [3.05, 3.63) is 59.2 Å². The lowest BCUT2D eigenvalue weighted by Gasteiger charge is -2.15. The second kappa shape index (κ2) is 8.37. The third-order valence-corrected chi connectivity index (χ3v) is 3.94. The van der Waals surface area contributed by atoms with E-state index < -0.39 is 0 Å². The van der Waals surface area contributed by atoms with Crippen molar-refractivity contribution in [1.29, 1.82) is 0 Å². The summed E-state index contributed by atoms with van der Waals surface area (Å²) in [5.41, 5.74) is 4.46. The largest absolute Gasteiger partial charge is 0.484 e. The Morgan fingerprint density at radius 3 is 2.22 bits per heavy atom. The zero-order chi connectivity index (χ0) is 16.7. The lowest BCUT2D eigenvalue weighted by atomic mass is 10.0. The number of carbonyl (C=O) groups excluding carboxylic acids is 1. The van der Waals surface area contributed by atoms with E-state index in [0.717, 1.165) is 41.8 Å². The average Bonchev–Trinajstić information content (AvgIpc) is 2.60. The van der Waals surface area contributed by atoms with Crippen LogP contribution in [0.4, 0.5) is 5.69 Å². The molecule has 0 bridgehead atoms. The molecule has 0 fully saturated rings. The highest BCUT2D eigenvalue weighted by atomic mass is 16.5. The molecule has 0 saturated carbocycles. The Morgan fingerprint density at radius 1 is 0.957 bits per heavy atom. The lowest BCUT2D eigenvalue weighted by Crippen LogP contribution is -2.21. The van der Waals surface area contributed by atoms with E-state index >= 15 is 0 Å². The number of aryl methyl sites for hydroxylation is 3. The molecule has 3 nitrogen and oxygen atoms in total. The minimum atomic E-state index is -0.123. The van der Waals surface area contributed by atoms with E-state index in [1.165, 1.54) is 5.56 Å². The van der Waals surface area contributed by atoms with Gasteiger partial charge in [0.1, 0.15) is 5.75 Å². The first-order chi connectivity index (χ1) is 11.2. The fourth-order valence-corrected chi connectivity index (χ4v) is 2.58. The molecule has 1 N–H and O–H groups in total. The summed E-state index contributed by atoms with van der Waals surface area (Å²) >= 11 is 0. The van der Waals surface area contributed by atoms with Crippen molar-refractivity contribution in [3.63, 3.8) is 0 Å². The van der Waals surface area contributed by atoms with Gasteiger partial charge >= 0.3 is 0 Å². The monoisotopic (exact) mass is 311 g/mol. The number of amides is 1. The number of anilines is 1. The highest BCUT2D eigenvalue weighted by molar-refractivity contribution is 5.93. The summed E-state index contributed by atoms with van der Waals surface area (Å²) in [6.45, 7) is 6.31. The van der Waals surface area contributed by atoms with Gasteiger partial charge in [0.15, 0.2) is 6.61 Å². The van der Waals surface area contributed by atoms with Gasteiger partial charge in [0.2, 0.25) is 0 Å². The number of ether oxygens (including phenoxy) is 1. The van der Waals surface area contributed by atoms with Gasteiger partial charge in [-0.3, -0.25) is 4.79 Å². The van der Waals surface area contributed by atoms with Crippen molar-refractivity contribution < 1.29 is 9.53 Å². The lowest BCUT2D eigenvalue weighted by molar-refractivity contribution is -0.118. The van der Waals surface area contributed by atoms with Crippen LogP contribution in [0.5, 0.6) is 5.75 Å². The Morgan fingerprint density at radius 2 is 1.61 bits per heavy atom. The molecular formula is C20H25NO2. The van der Waals surface area contributed by atoms with Gasteiger partial charge in [0, 0.05) is 5.69 Å². The Labute approximate surface area is 138 Å². The molecule has 3 heteroatoms. The number of carbonyl (C=O) groups is 1. The van der Waals surface area contributed by atoms with Crippen molar-refractivity contribution in [3.8, 4) is 5.75 Å². The predicted octanol–water partition coefficient (Wildman–Crippen LogP) is 4.39. The van der Waals surface area contributed by atoms with Crippen LogP contribution in [-0.2, 0) is 24.1 Å². The zero-order valence-corrected chi connectivity index (χ0v) is 14.2. The highest BCUT2D eigenvalue weighted by Crippen LogP contribution is 2.22. The maximum absolute atomic E-state index is 12.2. The van der Waals surface area contributed by atoms with Gasteiger partial charge in [-0.2, -0.15) is 0 Å². The van der Waals surface area contributed by atoms with Gasteiger partial charge in [-0.1, -0.05) is 51.1 Å². The predicted molar refractivity (Wildman–Crippen MR) is 95.1 cm³/mol. The molecule has 0 aliphatic carbocycles. The summed E-state index contributed by atoms with van der Waals surface area (Å²) in [7, 11) is 0. The van der Waals surface area contributed by atoms with E-state index in [-0.39, 0.29) is 12.5 Å². The topological polar surface area (TPSA) is 38.3 Å². The Hall–Kier alpha value is -2.29. The van der Waals surface area contributed by atoms with Crippen LogP contribution >= 0.6 is 0 Å². The van der Waals surface area contributed by atoms with Gasteiger partial charge < -0.3 is 10.1 Å². The molecule has 0 heterocycles. The number of nitrogens with one attached hydrogen (secondary N) is 1. The van der Waals surface area contributed by atoms with Gasteiger partial charge in [-0.05, 0) is 48.1 Å². The van der Waals surface area contributed by atoms with Crippen LogP contribution in [0.2, 0.25) is 0 Å². The first kappa shape index (κ1) is 17.1. The molecule has 0 spiro atoms. The first-order valence-corrected chi connectivity index (χ1v) is 8.30. The third-order valence-electron chi connectivity index (χ3n) is 3.94. The first-order valence-electron chi connectivity index (χ1n) is 8.30. The average molecular weight is 311 g/mol. The molecule has 2 rings (SSSR count). The Bertz CT molecular complexity index is 642. The molecule has 0 radical (unpaired) electrons. The standard InChI is InChI=1S/C20H25NO2/c1-4-15-9-7-12-18(13-15)23-14-19(22)21-20-16(5-2)10-8-11-17(20)6-3/h7-13H,4-6,14H2,1-3H3,(H,21,22). The van der Waals surface area contributed by atoms with E-state index in [1.807, 2.05) is 24.3 Å². The molecule has 0 saturated heterocycles. The summed E-state index contributed by atoms with van der Waals surface area (Å²) in [6.07, 6.45) is 2.73. The molecule has 0 aromatic heterocycles. The SMILES string of the molecule is CCc1cccc(OCC(=O)Nc2c(CC)cccc2CC)c1. The number of hydrogen-bond donors (Lipinski definition) is 1. The molecule has 122 valence electrons. The van der Waals surface area contributed by atoms with E-state index in [2.05, 4.69) is 44.3 Å². The normalized spacial score (nSPS) is 10.4. The summed E-state index contributed by atoms with van der Waals surface area (Å²) in [5, 5.41) is 3.02. The highest BCUT2D eigenvalue weighted by Gasteiger charge is 2.10. The summed E-state index contributed by atoms with van der Waals surface area (Å²) in [4.78, 5) is 12.2. The van der Waals surface area contributed by atoms with Gasteiger partial charge in [0.25, 0.3) is 5.91 Å². The fourth-order valence-electron chi connectivity index (χ4n) is 2.58. The van der Waals surface area contributed by atoms with Crippen LogP contribution in [0.15, 0.2) is 42.5 Å². The molecule has 0 atom stereocenters. The summed E-state index contributed by atoms with van der Waals surface area (Å²) in [6, 6.07) is 14.0. The molecule has 0 aliphatic rings. The summed E-state index contributed by atoms with van der Waals surface area (Å²) < 4.78 is 5.62. The second-order valence-electron chi connectivity index (χ2n) is 5.50. The van der Waals surface area contributed by atoms with Crippen LogP contribution in [0.25, 0.3) is 0 Å². The van der Waals surface area contributed by atoms with Crippen molar-refractivity contribution in [2.45, 2.75) is 40.0 Å². The van der Waals surface area contributed by atoms with Crippen LogP contribution in [0.1, 0.15) is 37.5 Å². The molecule has 2 aromatic carbocycles. The van der Waals surface area contributed by atoms with Crippen LogP contribution in [0, 0.1) is 0 Å². The van der Waals surface area contributed by atoms with Crippen molar-refractivity contribution in [2.24, 2.45) is 0 Å². The fraction of sp³-hybridized carbons (Fsp3) is 0.350. The van der Waals surface area contributed by atoms with E-state index in [4.69, 9.17) is 4.74 Å². The van der Waals surface area contributed by atoms with E-state index in [1.54, 1.807) is 0 Å². The molecular weight excluding hydrogens is 286 g/mol. The summed E-state index contributed by atoms with van der Waals surface area (Å²) in [5.74, 6) is 0.612. The minimum absolute atomic E-state index is 0.0222. The van der Waals surface area contributed by atoms with Gasteiger partial charge in [0.05, 0.1) is 0 Å². The maximum atomic E-state index is 12.2. The molecule has 0 aliphatic heterocycles. The Kier molecular flexibility index (Phi) is 6.21. The number of benzene rings is 2. The molecule has 2 aromatic rings. The number of para-hydroxylation sites is 1. The molecule has 23 heavy (non-hydrogen) atoms. The van der Waals surface area contributed by atoms with E-state index in [0.29, 0.717) is 0 Å². The van der Waals surface area contributed by atoms with Crippen molar-refractivity contribution in [1.82, 2.24) is 0 Å². The second-order valence-corrected chi connectivity index (χ2v) is 5.50. The maximum Gasteiger partial charge on any atom is 0.262 e. The third kappa shape index (κ3) is 4.59. The van der Waals surface area contributed by atoms with Crippen LogP contribution in [0.3, 0.4) is 0 Å². The Balaban J connectivity index is 2.02. The van der Waals surface area contributed by atoms with E-state index in [9.17, 15) is 4.79 Å². The number of hydrogen-bond acceptors (Lipinski definition) is 2. The quantitative estimate of drug-likeness (QED) is 0.823. The van der Waals surface area contributed by atoms with Crippen molar-refractivity contribution >= 4 is 11.6 Å². The molecule has 1 amide bonds. The number of rotatable bonds is 7. The van der Waals surface area contributed by atoms with Gasteiger partial charge in [-0.15, -0.1) is 0 Å². The zero-order valence-electron chi connectivity index (χ0n) is 14.2. The minimum Gasteiger partial charge on any atom is -0.484 e. The van der Waals surface area contributed by atoms with Crippen molar-refractivity contribution in [2.75, 3.05) is 11.9 Å².